The van der Waals surface area contributed by atoms with Crippen LogP contribution in [0.25, 0.3) is 0 Å². The van der Waals surface area contributed by atoms with Gasteiger partial charge < -0.3 is 19.9 Å². The summed E-state index contributed by atoms with van der Waals surface area (Å²) in [4.78, 5) is 16.9. The van der Waals surface area contributed by atoms with Gasteiger partial charge in [0, 0.05) is 56.2 Å². The Morgan fingerprint density at radius 3 is 2.85 bits per heavy atom. The Labute approximate surface area is 159 Å². The summed E-state index contributed by atoms with van der Waals surface area (Å²) in [5.41, 5.74) is 2.07. The van der Waals surface area contributed by atoms with Gasteiger partial charge >= 0.3 is 0 Å². The largest absolute Gasteiger partial charge is 0.493 e. The second kappa shape index (κ2) is 8.10. The maximum Gasteiger partial charge on any atom is 0.226 e. The first kappa shape index (κ1) is 18.0. The number of aromatic nitrogens is 2. The molecule has 1 aromatic carbocycles. The number of nitrogens with zero attached hydrogens (tertiary/aromatic N) is 3. The van der Waals surface area contributed by atoms with Gasteiger partial charge in [0.05, 0.1) is 12.8 Å². The van der Waals surface area contributed by atoms with Gasteiger partial charge in [-0.15, -0.1) is 0 Å². The summed E-state index contributed by atoms with van der Waals surface area (Å²) in [5.74, 6) is 1.53. The number of benzene rings is 1. The monoisotopic (exact) mass is 369 g/mol. The normalized spacial score (nSPS) is 20.9. The number of nitrogens with one attached hydrogen (secondary N) is 2. The van der Waals surface area contributed by atoms with Crippen LogP contribution in [0, 0.1) is 0 Å². The van der Waals surface area contributed by atoms with Gasteiger partial charge in [-0.2, -0.15) is 5.10 Å². The Hall–Kier alpha value is -2.38. The fourth-order valence-corrected chi connectivity index (χ4v) is 3.86. The summed E-state index contributed by atoms with van der Waals surface area (Å²) >= 11 is 0. The lowest BCUT2D eigenvalue weighted by atomic mass is 9.87. The molecule has 1 saturated heterocycles. The summed E-state index contributed by atoms with van der Waals surface area (Å²) < 4.78 is 6.13. The van der Waals surface area contributed by atoms with Crippen LogP contribution in [-0.4, -0.2) is 72.3 Å². The Morgan fingerprint density at radius 1 is 1.19 bits per heavy atom. The first-order valence-corrected chi connectivity index (χ1v) is 9.66. The predicted octanol–water partition coefficient (Wildman–Crippen LogP) is 1.90. The van der Waals surface area contributed by atoms with E-state index in [2.05, 4.69) is 38.4 Å². The first-order valence-electron chi connectivity index (χ1n) is 9.66. The van der Waals surface area contributed by atoms with Crippen LogP contribution in [0.2, 0.25) is 0 Å². The van der Waals surface area contributed by atoms with Crippen LogP contribution in [0.3, 0.4) is 0 Å². The molecule has 2 N–H and O–H groups in total. The number of aromatic amines is 1. The van der Waals surface area contributed by atoms with Crippen molar-refractivity contribution in [2.24, 2.45) is 0 Å². The fourth-order valence-electron chi connectivity index (χ4n) is 3.86. The molecule has 0 saturated carbocycles. The lowest BCUT2D eigenvalue weighted by Crippen LogP contribution is -2.44. The minimum Gasteiger partial charge on any atom is -0.493 e. The van der Waals surface area contributed by atoms with Gasteiger partial charge in [-0.3, -0.25) is 9.89 Å². The molecular weight excluding hydrogens is 342 g/mol. The molecule has 7 heteroatoms. The SMILES string of the molecule is CN1CCN(CCCOc2ccccc2C2CC(=O)Nc3[nH]ncc32)CC1. The van der Waals surface area contributed by atoms with E-state index in [1.165, 1.54) is 0 Å². The molecule has 0 radical (unpaired) electrons. The lowest BCUT2D eigenvalue weighted by Gasteiger charge is -2.32. The van der Waals surface area contributed by atoms with Crippen LogP contribution in [0.1, 0.15) is 29.9 Å². The van der Waals surface area contributed by atoms with Gasteiger partial charge in [0.25, 0.3) is 0 Å². The summed E-state index contributed by atoms with van der Waals surface area (Å²) in [6.45, 7) is 6.29. The zero-order valence-electron chi connectivity index (χ0n) is 15.8. The number of anilines is 1. The summed E-state index contributed by atoms with van der Waals surface area (Å²) in [6, 6.07) is 8.03. The van der Waals surface area contributed by atoms with E-state index in [1.54, 1.807) is 6.20 Å². The van der Waals surface area contributed by atoms with Crippen LogP contribution in [0.5, 0.6) is 5.75 Å². The van der Waals surface area contributed by atoms with Crippen molar-refractivity contribution in [2.75, 3.05) is 51.7 Å². The summed E-state index contributed by atoms with van der Waals surface area (Å²) in [7, 11) is 2.17. The van der Waals surface area contributed by atoms with Crippen molar-refractivity contribution in [1.29, 1.82) is 0 Å². The highest BCUT2D eigenvalue weighted by molar-refractivity contribution is 5.94. The highest BCUT2D eigenvalue weighted by Gasteiger charge is 2.29. The average Bonchev–Trinajstić information content (AvgIpc) is 3.15. The summed E-state index contributed by atoms with van der Waals surface area (Å²) in [5, 5.41) is 9.80. The molecule has 1 atom stereocenters. The van der Waals surface area contributed by atoms with E-state index in [1.807, 2.05) is 18.2 Å². The van der Waals surface area contributed by atoms with Crippen molar-refractivity contribution in [2.45, 2.75) is 18.8 Å². The number of para-hydroxylation sites is 1. The topological polar surface area (TPSA) is 73.5 Å². The van der Waals surface area contributed by atoms with Gasteiger partial charge in [0.15, 0.2) is 0 Å². The van der Waals surface area contributed by atoms with E-state index < -0.39 is 0 Å². The van der Waals surface area contributed by atoms with Crippen LogP contribution >= 0.6 is 0 Å². The number of rotatable bonds is 6. The first-order chi connectivity index (χ1) is 13.2. The lowest BCUT2D eigenvalue weighted by molar-refractivity contribution is -0.116. The quantitative estimate of drug-likeness (QED) is 0.761. The van der Waals surface area contributed by atoms with Gasteiger partial charge in [-0.05, 0) is 19.5 Å². The number of ether oxygens (including phenoxy) is 1. The van der Waals surface area contributed by atoms with E-state index in [0.717, 1.165) is 56.0 Å². The van der Waals surface area contributed by atoms with Crippen molar-refractivity contribution in [3.8, 4) is 5.75 Å². The molecule has 0 spiro atoms. The molecule has 144 valence electrons. The molecular formula is C20H27N5O2. The zero-order chi connectivity index (χ0) is 18.6. The van der Waals surface area contributed by atoms with Gasteiger partial charge in [-0.1, -0.05) is 18.2 Å². The zero-order valence-corrected chi connectivity index (χ0v) is 15.8. The smallest absolute Gasteiger partial charge is 0.226 e. The minimum atomic E-state index is -0.0265. The molecule has 2 aliphatic heterocycles. The highest BCUT2D eigenvalue weighted by Crippen LogP contribution is 2.39. The van der Waals surface area contributed by atoms with Crippen molar-refractivity contribution in [1.82, 2.24) is 20.0 Å². The Balaban J connectivity index is 1.38. The molecule has 1 fully saturated rings. The van der Waals surface area contributed by atoms with Crippen LogP contribution < -0.4 is 10.1 Å². The van der Waals surface area contributed by atoms with E-state index in [-0.39, 0.29) is 11.8 Å². The van der Waals surface area contributed by atoms with Crippen LogP contribution in [0.4, 0.5) is 5.82 Å². The number of likely N-dealkylation sites (N-methyl/N-ethyl adjacent to an activating group) is 1. The number of hydrogen-bond acceptors (Lipinski definition) is 5. The number of fused-ring (bicyclic) bond motifs is 1. The Bertz CT molecular complexity index is 782. The number of hydrogen-bond donors (Lipinski definition) is 2. The predicted molar refractivity (Wildman–Crippen MR) is 104 cm³/mol. The van der Waals surface area contributed by atoms with Gasteiger partial charge in [-0.25, -0.2) is 0 Å². The van der Waals surface area contributed by atoms with Crippen LogP contribution in [-0.2, 0) is 4.79 Å². The highest BCUT2D eigenvalue weighted by atomic mass is 16.5. The second-order valence-corrected chi connectivity index (χ2v) is 7.39. The third-order valence-corrected chi connectivity index (χ3v) is 5.46. The van der Waals surface area contributed by atoms with Gasteiger partial charge in [0.1, 0.15) is 11.6 Å². The minimum absolute atomic E-state index is 0.00150. The Morgan fingerprint density at radius 2 is 2.00 bits per heavy atom. The molecule has 4 rings (SSSR count). The number of carbonyl (C=O) groups excluding carboxylic acids is 1. The number of carbonyl (C=O) groups is 1. The number of amides is 1. The molecule has 2 aliphatic rings. The van der Waals surface area contributed by atoms with E-state index in [4.69, 9.17) is 4.74 Å². The van der Waals surface area contributed by atoms with Crippen LogP contribution in [0.15, 0.2) is 30.5 Å². The van der Waals surface area contributed by atoms with E-state index in [9.17, 15) is 4.79 Å². The number of piperazine rings is 1. The molecule has 7 nitrogen and oxygen atoms in total. The van der Waals surface area contributed by atoms with Crippen molar-refractivity contribution in [3.05, 3.63) is 41.6 Å². The molecule has 1 aromatic heterocycles. The fraction of sp³-hybridized carbons (Fsp3) is 0.500. The molecule has 3 heterocycles. The molecule has 2 aromatic rings. The summed E-state index contributed by atoms with van der Waals surface area (Å²) in [6.07, 6.45) is 3.21. The molecule has 27 heavy (non-hydrogen) atoms. The van der Waals surface area contributed by atoms with Crippen molar-refractivity contribution in [3.63, 3.8) is 0 Å². The maximum absolute atomic E-state index is 12.1. The van der Waals surface area contributed by atoms with Crippen molar-refractivity contribution < 1.29 is 9.53 Å². The molecule has 0 bridgehead atoms. The van der Waals surface area contributed by atoms with E-state index >= 15 is 0 Å². The molecule has 1 unspecified atom stereocenters. The third kappa shape index (κ3) is 4.14. The molecule has 1 amide bonds. The molecule has 0 aliphatic carbocycles. The third-order valence-electron chi connectivity index (χ3n) is 5.46. The standard InChI is InChI=1S/C20H27N5O2/c1-24-8-10-25(11-9-24)7-4-12-27-18-6-3-2-5-15(18)16-13-19(26)22-20-17(16)14-21-23-20/h2-3,5-6,14,16H,4,7-13H2,1H3,(H2,21,22,23,26). The maximum atomic E-state index is 12.1. The Kier molecular flexibility index (Phi) is 5.40. The van der Waals surface area contributed by atoms with E-state index in [0.29, 0.717) is 18.8 Å². The average molecular weight is 369 g/mol. The van der Waals surface area contributed by atoms with Gasteiger partial charge in [0.2, 0.25) is 5.91 Å². The van der Waals surface area contributed by atoms with Crippen molar-refractivity contribution >= 4 is 11.7 Å². The second-order valence-electron chi connectivity index (χ2n) is 7.39. The number of H-pyrrole nitrogens is 1.